The standard InChI is InChI=1S/C24H28N4O4/c1-5-32-21(14-16-9-7-6-8-10-16)27-24-26-15-18(23(25)28-24)11-17-12-19(29-2)22(31-4)20(13-17)30-3/h6-10,12-13,15H,5,11,14H2,1-4H3,(H2,25,26,28). The molecular weight excluding hydrogens is 408 g/mol. The molecule has 0 saturated heterocycles. The van der Waals surface area contributed by atoms with Gasteiger partial charge in [0, 0.05) is 24.6 Å². The molecule has 2 aromatic carbocycles. The summed E-state index contributed by atoms with van der Waals surface area (Å²) in [6.45, 7) is 2.41. The van der Waals surface area contributed by atoms with Crippen molar-refractivity contribution in [1.82, 2.24) is 9.97 Å². The Kier molecular flexibility index (Phi) is 7.85. The van der Waals surface area contributed by atoms with E-state index in [-0.39, 0.29) is 5.95 Å². The van der Waals surface area contributed by atoms with Crippen LogP contribution in [0.1, 0.15) is 23.6 Å². The van der Waals surface area contributed by atoms with Gasteiger partial charge in [0.15, 0.2) is 17.4 Å². The number of benzene rings is 2. The molecule has 0 saturated carbocycles. The van der Waals surface area contributed by atoms with Crippen molar-refractivity contribution >= 4 is 17.7 Å². The number of hydrogen-bond donors (Lipinski definition) is 1. The molecule has 8 nitrogen and oxygen atoms in total. The maximum Gasteiger partial charge on any atom is 0.254 e. The Labute approximate surface area is 188 Å². The van der Waals surface area contributed by atoms with Crippen LogP contribution in [0.4, 0.5) is 11.8 Å². The molecule has 0 fully saturated rings. The lowest BCUT2D eigenvalue weighted by molar-refractivity contribution is 0.320. The van der Waals surface area contributed by atoms with E-state index in [0.29, 0.717) is 48.4 Å². The molecule has 1 heterocycles. The van der Waals surface area contributed by atoms with Crippen LogP contribution in [0.5, 0.6) is 17.2 Å². The first-order chi connectivity index (χ1) is 15.6. The highest BCUT2D eigenvalue weighted by atomic mass is 16.5. The number of nitrogens with zero attached hydrogens (tertiary/aromatic N) is 3. The van der Waals surface area contributed by atoms with Gasteiger partial charge < -0.3 is 24.7 Å². The zero-order valence-corrected chi connectivity index (χ0v) is 18.8. The van der Waals surface area contributed by atoms with Crippen LogP contribution in [0.25, 0.3) is 0 Å². The minimum absolute atomic E-state index is 0.260. The lowest BCUT2D eigenvalue weighted by Gasteiger charge is -2.14. The normalized spacial score (nSPS) is 11.2. The van der Waals surface area contributed by atoms with Crippen molar-refractivity contribution < 1.29 is 18.9 Å². The Morgan fingerprint density at radius 2 is 1.66 bits per heavy atom. The zero-order chi connectivity index (χ0) is 22.9. The van der Waals surface area contributed by atoms with Crippen LogP contribution < -0.4 is 19.9 Å². The van der Waals surface area contributed by atoms with E-state index in [4.69, 9.17) is 24.7 Å². The van der Waals surface area contributed by atoms with Crippen molar-refractivity contribution in [2.75, 3.05) is 33.7 Å². The summed E-state index contributed by atoms with van der Waals surface area (Å²) in [6.07, 6.45) is 2.72. The quantitative estimate of drug-likeness (QED) is 0.400. The molecule has 0 aliphatic rings. The average Bonchev–Trinajstić information content (AvgIpc) is 2.81. The Morgan fingerprint density at radius 3 is 2.22 bits per heavy atom. The van der Waals surface area contributed by atoms with Crippen LogP contribution in [0.2, 0.25) is 0 Å². The number of nitrogens with two attached hydrogens (primary N) is 1. The van der Waals surface area contributed by atoms with E-state index in [1.807, 2.05) is 49.4 Å². The Morgan fingerprint density at radius 1 is 0.969 bits per heavy atom. The molecule has 0 radical (unpaired) electrons. The van der Waals surface area contributed by atoms with Crippen LogP contribution in [-0.2, 0) is 17.6 Å². The highest BCUT2D eigenvalue weighted by Gasteiger charge is 2.15. The second-order valence-electron chi connectivity index (χ2n) is 6.89. The molecule has 168 valence electrons. The minimum Gasteiger partial charge on any atom is -0.493 e. The van der Waals surface area contributed by atoms with Crippen LogP contribution >= 0.6 is 0 Å². The molecule has 2 N–H and O–H groups in total. The highest BCUT2D eigenvalue weighted by Crippen LogP contribution is 2.38. The Bertz CT molecular complexity index is 1050. The van der Waals surface area contributed by atoms with Gasteiger partial charge in [-0.25, -0.2) is 4.98 Å². The Balaban J connectivity index is 1.84. The molecule has 0 aliphatic carbocycles. The number of nitrogen functional groups attached to an aromatic ring is 1. The molecule has 0 spiro atoms. The van der Waals surface area contributed by atoms with Gasteiger partial charge >= 0.3 is 0 Å². The zero-order valence-electron chi connectivity index (χ0n) is 18.8. The van der Waals surface area contributed by atoms with Crippen LogP contribution in [0.3, 0.4) is 0 Å². The molecule has 32 heavy (non-hydrogen) atoms. The molecule has 3 aromatic rings. The summed E-state index contributed by atoms with van der Waals surface area (Å²) >= 11 is 0. The molecule has 0 atom stereocenters. The van der Waals surface area contributed by atoms with E-state index >= 15 is 0 Å². The van der Waals surface area contributed by atoms with Crippen LogP contribution in [-0.4, -0.2) is 43.8 Å². The average molecular weight is 437 g/mol. The summed E-state index contributed by atoms with van der Waals surface area (Å²) in [4.78, 5) is 13.2. The Hall–Kier alpha value is -3.81. The van der Waals surface area contributed by atoms with E-state index in [2.05, 4.69) is 15.0 Å². The maximum atomic E-state index is 6.22. The third-order valence-electron chi connectivity index (χ3n) is 4.74. The van der Waals surface area contributed by atoms with Gasteiger partial charge in [-0.05, 0) is 30.2 Å². The van der Waals surface area contributed by atoms with E-state index in [1.165, 1.54) is 0 Å². The predicted molar refractivity (Wildman–Crippen MR) is 124 cm³/mol. The molecule has 0 unspecified atom stereocenters. The second-order valence-corrected chi connectivity index (χ2v) is 6.89. The van der Waals surface area contributed by atoms with Gasteiger partial charge in [0.25, 0.3) is 5.95 Å². The summed E-state index contributed by atoms with van der Waals surface area (Å²) in [6, 6.07) is 13.7. The monoisotopic (exact) mass is 436 g/mol. The first-order valence-electron chi connectivity index (χ1n) is 10.2. The number of hydrogen-bond acceptors (Lipinski definition) is 8. The van der Waals surface area contributed by atoms with Crippen molar-refractivity contribution in [3.05, 3.63) is 65.4 Å². The largest absolute Gasteiger partial charge is 0.493 e. The van der Waals surface area contributed by atoms with E-state index < -0.39 is 0 Å². The van der Waals surface area contributed by atoms with Gasteiger partial charge in [0.1, 0.15) is 5.82 Å². The fourth-order valence-corrected chi connectivity index (χ4v) is 3.23. The maximum absolute atomic E-state index is 6.22. The van der Waals surface area contributed by atoms with Gasteiger partial charge in [0.05, 0.1) is 27.9 Å². The van der Waals surface area contributed by atoms with Crippen molar-refractivity contribution in [3.8, 4) is 17.2 Å². The number of aromatic nitrogens is 2. The van der Waals surface area contributed by atoms with Crippen LogP contribution in [0, 0.1) is 0 Å². The van der Waals surface area contributed by atoms with Crippen molar-refractivity contribution in [2.24, 2.45) is 4.99 Å². The summed E-state index contributed by atoms with van der Waals surface area (Å²) in [5.41, 5.74) is 8.99. The number of rotatable bonds is 9. The summed E-state index contributed by atoms with van der Waals surface area (Å²) in [5, 5.41) is 0. The molecule has 3 rings (SSSR count). The van der Waals surface area contributed by atoms with Gasteiger partial charge in [-0.2, -0.15) is 9.98 Å². The number of anilines is 1. The van der Waals surface area contributed by atoms with Gasteiger partial charge in [-0.3, -0.25) is 0 Å². The highest BCUT2D eigenvalue weighted by molar-refractivity contribution is 5.80. The van der Waals surface area contributed by atoms with E-state index in [1.54, 1.807) is 27.5 Å². The first-order valence-corrected chi connectivity index (χ1v) is 10.2. The summed E-state index contributed by atoms with van der Waals surface area (Å²) in [7, 11) is 4.73. The van der Waals surface area contributed by atoms with Gasteiger partial charge in [-0.15, -0.1) is 0 Å². The molecule has 1 aromatic heterocycles. The molecule has 0 aliphatic heterocycles. The topological polar surface area (TPSA) is 101 Å². The number of methoxy groups -OCH3 is 3. The second kappa shape index (κ2) is 11.0. The first kappa shape index (κ1) is 22.9. The van der Waals surface area contributed by atoms with E-state index in [0.717, 1.165) is 16.7 Å². The lowest BCUT2D eigenvalue weighted by Crippen LogP contribution is -2.09. The smallest absolute Gasteiger partial charge is 0.254 e. The minimum atomic E-state index is 0.260. The van der Waals surface area contributed by atoms with Crippen molar-refractivity contribution in [2.45, 2.75) is 19.8 Å². The lowest BCUT2D eigenvalue weighted by atomic mass is 10.1. The van der Waals surface area contributed by atoms with E-state index in [9.17, 15) is 0 Å². The third kappa shape index (κ3) is 5.66. The number of aliphatic imine (C=N–C) groups is 1. The third-order valence-corrected chi connectivity index (χ3v) is 4.74. The fourth-order valence-electron chi connectivity index (χ4n) is 3.23. The molecule has 0 bridgehead atoms. The molecule has 0 amide bonds. The summed E-state index contributed by atoms with van der Waals surface area (Å²) < 4.78 is 21.9. The molecular formula is C24H28N4O4. The van der Waals surface area contributed by atoms with Crippen molar-refractivity contribution in [3.63, 3.8) is 0 Å². The fraction of sp³-hybridized carbons (Fsp3) is 0.292. The molecule has 8 heteroatoms. The SMILES string of the molecule is CCOC(Cc1ccccc1)=Nc1ncc(Cc2cc(OC)c(OC)c(OC)c2)c(N)n1. The van der Waals surface area contributed by atoms with Crippen LogP contribution in [0.15, 0.2) is 53.7 Å². The van der Waals surface area contributed by atoms with Gasteiger partial charge in [-0.1, -0.05) is 30.3 Å². The van der Waals surface area contributed by atoms with Gasteiger partial charge in [0.2, 0.25) is 5.75 Å². The predicted octanol–water partition coefficient (Wildman–Crippen LogP) is 3.98. The van der Waals surface area contributed by atoms with Crippen molar-refractivity contribution in [1.29, 1.82) is 0 Å². The summed E-state index contributed by atoms with van der Waals surface area (Å²) in [5.74, 6) is 2.83. The number of ether oxygens (including phenoxy) is 4.